The number of halogens is 1. The summed E-state index contributed by atoms with van der Waals surface area (Å²) in [5, 5.41) is 0. The van der Waals surface area contributed by atoms with Crippen molar-refractivity contribution in [3.63, 3.8) is 0 Å². The van der Waals surface area contributed by atoms with E-state index in [4.69, 9.17) is 0 Å². The topological polar surface area (TPSA) is 0 Å². The molecule has 0 saturated heterocycles. The van der Waals surface area contributed by atoms with E-state index in [9.17, 15) is 4.39 Å². The van der Waals surface area contributed by atoms with Crippen molar-refractivity contribution in [2.24, 2.45) is 0 Å². The van der Waals surface area contributed by atoms with Crippen LogP contribution in [0.2, 0.25) is 0 Å². The third kappa shape index (κ3) is 0.821. The molecule has 0 heterocycles. The summed E-state index contributed by atoms with van der Waals surface area (Å²) in [6, 6.07) is 10.2. The third-order valence-electron chi connectivity index (χ3n) is 1.88. The molecule has 0 amide bonds. The molecule has 10 heavy (non-hydrogen) atoms. The maximum absolute atomic E-state index is 13.2. The summed E-state index contributed by atoms with van der Waals surface area (Å²) in [5.74, 6) is 0. The zero-order valence-electron chi connectivity index (χ0n) is 5.60. The van der Waals surface area contributed by atoms with Crippen LogP contribution in [0.25, 0.3) is 0 Å². The van der Waals surface area contributed by atoms with Gasteiger partial charge in [0.15, 0.2) is 0 Å². The number of rotatable bonds is 1. The van der Waals surface area contributed by atoms with Crippen LogP contribution in [-0.4, -0.2) is 0 Å². The van der Waals surface area contributed by atoms with Crippen LogP contribution in [0.3, 0.4) is 0 Å². The highest BCUT2D eigenvalue weighted by atomic mass is 19.1. The van der Waals surface area contributed by atoms with Crippen molar-refractivity contribution in [1.82, 2.24) is 0 Å². The summed E-state index contributed by atoms with van der Waals surface area (Å²) in [5.41, 5.74) is -0.295. The predicted molar refractivity (Wildman–Crippen MR) is 37.3 cm³/mol. The first-order chi connectivity index (χ1) is 4.81. The molecule has 1 aliphatic carbocycles. The van der Waals surface area contributed by atoms with E-state index in [2.05, 4.69) is 6.07 Å². The minimum absolute atomic E-state index is 0.674. The number of alkyl halides is 1. The number of hydrogen-bond donors (Lipinski definition) is 0. The van der Waals surface area contributed by atoms with Gasteiger partial charge >= 0.3 is 0 Å². The maximum Gasteiger partial charge on any atom is 0.136 e. The molecular weight excluding hydrogens is 127 g/mol. The zero-order chi connectivity index (χ0) is 7.03. The fourth-order valence-corrected chi connectivity index (χ4v) is 1.05. The van der Waals surface area contributed by atoms with E-state index in [1.165, 1.54) is 0 Å². The molecule has 2 rings (SSSR count). The largest absolute Gasteiger partial charge is 0.239 e. The van der Waals surface area contributed by atoms with Gasteiger partial charge in [-0.25, -0.2) is 4.39 Å². The van der Waals surface area contributed by atoms with Crippen molar-refractivity contribution in [3.05, 3.63) is 35.9 Å². The minimum atomic E-state index is -1.01. The second-order valence-corrected chi connectivity index (χ2v) is 2.74. The molecule has 1 fully saturated rings. The van der Waals surface area contributed by atoms with E-state index < -0.39 is 5.67 Å². The Hall–Kier alpha value is -0.850. The van der Waals surface area contributed by atoms with Crippen LogP contribution in [0.1, 0.15) is 18.4 Å². The van der Waals surface area contributed by atoms with Crippen molar-refractivity contribution >= 4 is 0 Å². The molecule has 0 spiro atoms. The Morgan fingerprint density at radius 2 is 2.20 bits per heavy atom. The average Bonchev–Trinajstić information content (AvgIpc) is 2.72. The quantitative estimate of drug-likeness (QED) is 0.554. The highest BCUT2D eigenvalue weighted by Gasteiger charge is 2.44. The van der Waals surface area contributed by atoms with Gasteiger partial charge < -0.3 is 0 Å². The van der Waals surface area contributed by atoms with Gasteiger partial charge in [0.2, 0.25) is 0 Å². The van der Waals surface area contributed by atoms with E-state index in [-0.39, 0.29) is 0 Å². The molecule has 0 bridgehead atoms. The van der Waals surface area contributed by atoms with Crippen LogP contribution in [0, 0.1) is 6.07 Å². The lowest BCUT2D eigenvalue weighted by atomic mass is 10.1. The first kappa shape index (κ1) is 5.90. The van der Waals surface area contributed by atoms with Crippen LogP contribution in [0.4, 0.5) is 4.39 Å². The second kappa shape index (κ2) is 1.82. The van der Waals surface area contributed by atoms with Crippen LogP contribution in [-0.2, 0) is 5.67 Å². The van der Waals surface area contributed by atoms with Gasteiger partial charge in [-0.15, -0.1) is 0 Å². The summed E-state index contributed by atoms with van der Waals surface area (Å²) in [4.78, 5) is 0. The number of hydrogen-bond acceptors (Lipinski definition) is 0. The lowest BCUT2D eigenvalue weighted by Gasteiger charge is -2.01. The summed E-state index contributed by atoms with van der Waals surface area (Å²) in [7, 11) is 0. The minimum Gasteiger partial charge on any atom is -0.239 e. The summed E-state index contributed by atoms with van der Waals surface area (Å²) < 4.78 is 13.2. The summed E-state index contributed by atoms with van der Waals surface area (Å²) in [6.45, 7) is 0. The normalized spacial score (nSPS) is 20.5. The fraction of sp³-hybridized carbons (Fsp3) is 0.333. The second-order valence-electron chi connectivity index (χ2n) is 2.74. The van der Waals surface area contributed by atoms with E-state index in [0.29, 0.717) is 12.8 Å². The molecule has 0 N–H and O–H groups in total. The first-order valence-electron chi connectivity index (χ1n) is 3.47. The van der Waals surface area contributed by atoms with Crippen LogP contribution < -0.4 is 0 Å². The molecule has 1 aliphatic rings. The first-order valence-corrected chi connectivity index (χ1v) is 3.47. The van der Waals surface area contributed by atoms with Gasteiger partial charge in [0.1, 0.15) is 5.67 Å². The van der Waals surface area contributed by atoms with E-state index in [1.54, 1.807) is 12.1 Å². The van der Waals surface area contributed by atoms with E-state index in [0.717, 1.165) is 5.56 Å². The molecule has 1 aromatic carbocycles. The fourth-order valence-electron chi connectivity index (χ4n) is 1.05. The molecule has 1 aromatic rings. The molecule has 1 saturated carbocycles. The van der Waals surface area contributed by atoms with Crippen LogP contribution in [0.15, 0.2) is 24.3 Å². The van der Waals surface area contributed by atoms with Gasteiger partial charge in [0.25, 0.3) is 0 Å². The maximum atomic E-state index is 13.2. The molecule has 0 nitrogen and oxygen atoms in total. The zero-order valence-corrected chi connectivity index (χ0v) is 5.60. The highest BCUT2D eigenvalue weighted by molar-refractivity contribution is 5.25. The molecule has 0 aromatic heterocycles. The molecule has 1 radical (unpaired) electrons. The third-order valence-corrected chi connectivity index (χ3v) is 1.88. The lowest BCUT2D eigenvalue weighted by Crippen LogP contribution is -1.95. The lowest BCUT2D eigenvalue weighted by molar-refractivity contribution is 0.317. The van der Waals surface area contributed by atoms with Gasteiger partial charge in [-0.05, 0) is 24.5 Å². The van der Waals surface area contributed by atoms with Gasteiger partial charge in [0, 0.05) is 0 Å². The highest BCUT2D eigenvalue weighted by Crippen LogP contribution is 2.48. The van der Waals surface area contributed by atoms with E-state index in [1.807, 2.05) is 12.1 Å². The van der Waals surface area contributed by atoms with Crippen LogP contribution >= 0.6 is 0 Å². The van der Waals surface area contributed by atoms with E-state index >= 15 is 0 Å². The Kier molecular flexibility index (Phi) is 1.07. The standard InChI is InChI=1S/C9H8F/c10-9(6-7-9)8-4-2-1-3-5-8/h1-4H,6-7H2. The Morgan fingerprint density at radius 3 is 2.70 bits per heavy atom. The average molecular weight is 135 g/mol. The summed E-state index contributed by atoms with van der Waals surface area (Å²) >= 11 is 0. The molecule has 51 valence electrons. The predicted octanol–water partition coefficient (Wildman–Crippen LogP) is 2.45. The monoisotopic (exact) mass is 135 g/mol. The van der Waals surface area contributed by atoms with Gasteiger partial charge in [-0.2, -0.15) is 0 Å². The molecule has 1 heteroatoms. The van der Waals surface area contributed by atoms with Crippen molar-refractivity contribution in [2.75, 3.05) is 0 Å². The van der Waals surface area contributed by atoms with Crippen molar-refractivity contribution in [3.8, 4) is 0 Å². The molecule has 0 atom stereocenters. The van der Waals surface area contributed by atoms with Crippen molar-refractivity contribution < 1.29 is 4.39 Å². The van der Waals surface area contributed by atoms with Crippen molar-refractivity contribution in [2.45, 2.75) is 18.5 Å². The van der Waals surface area contributed by atoms with Gasteiger partial charge in [-0.1, -0.05) is 24.3 Å². The SMILES string of the molecule is FC1(c2[c]cccc2)CC1. The molecule has 0 unspecified atom stereocenters. The van der Waals surface area contributed by atoms with Crippen LogP contribution in [0.5, 0.6) is 0 Å². The Balaban J connectivity index is 2.35. The van der Waals surface area contributed by atoms with Gasteiger partial charge in [0.05, 0.1) is 0 Å². The Labute approximate surface area is 59.7 Å². The van der Waals surface area contributed by atoms with Crippen molar-refractivity contribution in [1.29, 1.82) is 0 Å². The molecule has 0 aliphatic heterocycles. The Bertz CT molecular complexity index is 224. The molecular formula is C9H8F. The smallest absolute Gasteiger partial charge is 0.136 e. The Morgan fingerprint density at radius 1 is 1.40 bits per heavy atom. The number of benzene rings is 1. The van der Waals surface area contributed by atoms with Gasteiger partial charge in [-0.3, -0.25) is 0 Å². The summed E-state index contributed by atoms with van der Waals surface area (Å²) in [6.07, 6.45) is 1.35.